The first kappa shape index (κ1) is 12.8. The van der Waals surface area contributed by atoms with Crippen molar-refractivity contribution in [2.45, 2.75) is 10.6 Å². The Kier molecular flexibility index (Phi) is 4.10. The molecule has 0 aromatic heterocycles. The van der Waals surface area contributed by atoms with Crippen molar-refractivity contribution in [3.63, 3.8) is 0 Å². The molecule has 0 radical (unpaired) electrons. The molecule has 2 aromatic rings. The van der Waals surface area contributed by atoms with Crippen LogP contribution >= 0.6 is 11.8 Å². The molecule has 2 aromatic carbocycles. The number of hydrogen-bond donors (Lipinski definition) is 1. The highest BCUT2D eigenvalue weighted by atomic mass is 32.2. The molecule has 0 saturated heterocycles. The zero-order valence-electron chi connectivity index (χ0n) is 10.0. The van der Waals surface area contributed by atoms with Crippen molar-refractivity contribution in [2.24, 2.45) is 0 Å². The molecule has 0 unspecified atom stereocenters. The van der Waals surface area contributed by atoms with Crippen LogP contribution in [-0.4, -0.2) is 7.11 Å². The SMILES string of the molecule is COc1ccccc1SCc1ccc(N)cc1F. The molecule has 0 spiro atoms. The lowest BCUT2D eigenvalue weighted by Gasteiger charge is -2.08. The summed E-state index contributed by atoms with van der Waals surface area (Å²) in [6.45, 7) is 0. The molecule has 2 N–H and O–H groups in total. The van der Waals surface area contributed by atoms with Gasteiger partial charge in [-0.1, -0.05) is 18.2 Å². The van der Waals surface area contributed by atoms with Crippen LogP contribution in [0.2, 0.25) is 0 Å². The molecule has 94 valence electrons. The van der Waals surface area contributed by atoms with E-state index < -0.39 is 0 Å². The van der Waals surface area contributed by atoms with Gasteiger partial charge in [-0.15, -0.1) is 11.8 Å². The van der Waals surface area contributed by atoms with Crippen LogP contribution in [0.25, 0.3) is 0 Å². The average Bonchev–Trinajstić information content (AvgIpc) is 2.38. The van der Waals surface area contributed by atoms with Crippen molar-refractivity contribution in [1.29, 1.82) is 0 Å². The van der Waals surface area contributed by atoms with Crippen molar-refractivity contribution in [3.05, 3.63) is 53.8 Å². The molecule has 0 aliphatic rings. The maximum Gasteiger partial charge on any atom is 0.132 e. The highest BCUT2D eigenvalue weighted by Gasteiger charge is 2.06. The third kappa shape index (κ3) is 2.96. The Labute approximate surface area is 110 Å². The van der Waals surface area contributed by atoms with Gasteiger partial charge in [-0.25, -0.2) is 4.39 Å². The van der Waals surface area contributed by atoms with E-state index in [1.54, 1.807) is 19.2 Å². The molecule has 2 nitrogen and oxygen atoms in total. The van der Waals surface area contributed by atoms with E-state index in [4.69, 9.17) is 10.5 Å². The molecule has 4 heteroatoms. The Balaban J connectivity index is 2.11. The van der Waals surface area contributed by atoms with Gasteiger partial charge in [-0.3, -0.25) is 0 Å². The summed E-state index contributed by atoms with van der Waals surface area (Å²) in [4.78, 5) is 0.997. The van der Waals surface area contributed by atoms with Crippen molar-refractivity contribution < 1.29 is 9.13 Å². The Morgan fingerprint density at radius 3 is 2.72 bits per heavy atom. The quantitative estimate of drug-likeness (QED) is 0.674. The van der Waals surface area contributed by atoms with E-state index in [0.29, 0.717) is 17.0 Å². The summed E-state index contributed by atoms with van der Waals surface area (Å²) >= 11 is 1.54. The number of nitrogen functional groups attached to an aromatic ring is 1. The van der Waals surface area contributed by atoms with E-state index in [-0.39, 0.29) is 5.82 Å². The maximum absolute atomic E-state index is 13.6. The smallest absolute Gasteiger partial charge is 0.132 e. The molecule has 18 heavy (non-hydrogen) atoms. The molecule has 0 fully saturated rings. The summed E-state index contributed by atoms with van der Waals surface area (Å²) in [5.41, 5.74) is 6.60. The second kappa shape index (κ2) is 5.78. The third-order valence-electron chi connectivity index (χ3n) is 2.53. The lowest BCUT2D eigenvalue weighted by Crippen LogP contribution is -1.92. The van der Waals surface area contributed by atoms with E-state index >= 15 is 0 Å². The first-order valence-electron chi connectivity index (χ1n) is 5.50. The van der Waals surface area contributed by atoms with Gasteiger partial charge in [-0.2, -0.15) is 0 Å². The topological polar surface area (TPSA) is 35.2 Å². The Bertz CT molecular complexity index is 545. The van der Waals surface area contributed by atoms with Crippen LogP contribution in [0.1, 0.15) is 5.56 Å². The molecule has 0 aliphatic carbocycles. The van der Waals surface area contributed by atoms with Crippen LogP contribution in [0.4, 0.5) is 10.1 Å². The normalized spacial score (nSPS) is 10.3. The number of para-hydroxylation sites is 1. The minimum Gasteiger partial charge on any atom is -0.496 e. The monoisotopic (exact) mass is 263 g/mol. The van der Waals surface area contributed by atoms with Crippen LogP contribution in [0.5, 0.6) is 5.75 Å². The lowest BCUT2D eigenvalue weighted by molar-refractivity contribution is 0.405. The fourth-order valence-electron chi connectivity index (χ4n) is 1.57. The van der Waals surface area contributed by atoms with Gasteiger partial charge in [0.15, 0.2) is 0 Å². The molecule has 0 aliphatic heterocycles. The van der Waals surface area contributed by atoms with E-state index in [0.717, 1.165) is 10.6 Å². The van der Waals surface area contributed by atoms with Gasteiger partial charge in [0.05, 0.1) is 7.11 Å². The van der Waals surface area contributed by atoms with Crippen molar-refractivity contribution in [2.75, 3.05) is 12.8 Å². The molecule has 0 amide bonds. The van der Waals surface area contributed by atoms with Crippen LogP contribution < -0.4 is 10.5 Å². The van der Waals surface area contributed by atoms with Crippen LogP contribution in [0.15, 0.2) is 47.4 Å². The summed E-state index contributed by atoms with van der Waals surface area (Å²) in [5, 5.41) is 0. The molecule has 0 atom stereocenters. The molecule has 2 rings (SSSR count). The summed E-state index contributed by atoms with van der Waals surface area (Å²) in [6, 6.07) is 12.5. The van der Waals surface area contributed by atoms with Crippen LogP contribution in [0.3, 0.4) is 0 Å². The van der Waals surface area contributed by atoms with E-state index in [1.165, 1.54) is 17.8 Å². The Hall–Kier alpha value is -1.68. The lowest BCUT2D eigenvalue weighted by atomic mass is 10.2. The Morgan fingerprint density at radius 1 is 1.22 bits per heavy atom. The molecule has 0 heterocycles. The molecule has 0 bridgehead atoms. The highest BCUT2D eigenvalue weighted by Crippen LogP contribution is 2.31. The minimum atomic E-state index is -0.266. The van der Waals surface area contributed by atoms with Gasteiger partial charge in [-0.05, 0) is 29.8 Å². The Morgan fingerprint density at radius 2 is 2.00 bits per heavy atom. The number of nitrogens with two attached hydrogens (primary N) is 1. The average molecular weight is 263 g/mol. The van der Waals surface area contributed by atoms with E-state index in [1.807, 2.05) is 24.3 Å². The minimum absolute atomic E-state index is 0.266. The van der Waals surface area contributed by atoms with E-state index in [9.17, 15) is 4.39 Å². The number of benzene rings is 2. The number of hydrogen-bond acceptors (Lipinski definition) is 3. The first-order valence-corrected chi connectivity index (χ1v) is 6.49. The first-order chi connectivity index (χ1) is 8.70. The van der Waals surface area contributed by atoms with Crippen molar-refractivity contribution in [1.82, 2.24) is 0 Å². The number of thioether (sulfide) groups is 1. The van der Waals surface area contributed by atoms with Crippen molar-refractivity contribution in [3.8, 4) is 5.75 Å². The summed E-state index contributed by atoms with van der Waals surface area (Å²) in [5.74, 6) is 1.09. The van der Waals surface area contributed by atoms with Crippen molar-refractivity contribution >= 4 is 17.4 Å². The fraction of sp³-hybridized carbons (Fsp3) is 0.143. The van der Waals surface area contributed by atoms with E-state index in [2.05, 4.69) is 0 Å². The number of rotatable bonds is 4. The third-order valence-corrected chi connectivity index (χ3v) is 3.63. The standard InChI is InChI=1S/C14H14FNOS/c1-17-13-4-2-3-5-14(13)18-9-10-6-7-11(16)8-12(10)15/h2-8H,9,16H2,1H3. The zero-order chi connectivity index (χ0) is 13.0. The second-order valence-corrected chi connectivity index (χ2v) is 4.81. The predicted octanol–water partition coefficient (Wildman–Crippen LogP) is 3.71. The number of halogens is 1. The van der Waals surface area contributed by atoms with Gasteiger partial charge in [0.2, 0.25) is 0 Å². The molecular formula is C14H14FNOS. The van der Waals surface area contributed by atoms with Gasteiger partial charge in [0.25, 0.3) is 0 Å². The maximum atomic E-state index is 13.6. The number of anilines is 1. The number of ether oxygens (including phenoxy) is 1. The van der Waals surface area contributed by atoms with Gasteiger partial charge in [0, 0.05) is 16.3 Å². The second-order valence-electron chi connectivity index (χ2n) is 3.79. The largest absolute Gasteiger partial charge is 0.496 e. The number of methoxy groups -OCH3 is 1. The fourth-order valence-corrected chi connectivity index (χ4v) is 2.59. The molecular weight excluding hydrogens is 249 g/mol. The predicted molar refractivity (Wildman–Crippen MR) is 73.4 cm³/mol. The van der Waals surface area contributed by atoms with Gasteiger partial charge < -0.3 is 10.5 Å². The summed E-state index contributed by atoms with van der Waals surface area (Å²) in [6.07, 6.45) is 0. The van der Waals surface area contributed by atoms with Crippen LogP contribution in [0, 0.1) is 5.82 Å². The summed E-state index contributed by atoms with van der Waals surface area (Å²) in [7, 11) is 1.63. The van der Waals surface area contributed by atoms with Gasteiger partial charge in [0.1, 0.15) is 11.6 Å². The van der Waals surface area contributed by atoms with Crippen LogP contribution in [-0.2, 0) is 5.75 Å². The zero-order valence-corrected chi connectivity index (χ0v) is 10.8. The summed E-state index contributed by atoms with van der Waals surface area (Å²) < 4.78 is 18.9. The highest BCUT2D eigenvalue weighted by molar-refractivity contribution is 7.98. The van der Waals surface area contributed by atoms with Gasteiger partial charge >= 0.3 is 0 Å². The molecule has 0 saturated carbocycles.